The summed E-state index contributed by atoms with van der Waals surface area (Å²) >= 11 is 0. The molecular formula is C11H25N3O. The molecule has 0 atom stereocenters. The maximum absolute atomic E-state index is 8.87. The minimum absolute atomic E-state index is 0.0611. The molecule has 0 rings (SSSR count). The molecule has 0 saturated heterocycles. The van der Waals surface area contributed by atoms with Gasteiger partial charge in [-0.05, 0) is 32.2 Å². The van der Waals surface area contributed by atoms with Gasteiger partial charge in [-0.2, -0.15) is 0 Å². The van der Waals surface area contributed by atoms with Gasteiger partial charge in [0.15, 0.2) is 0 Å². The van der Waals surface area contributed by atoms with Gasteiger partial charge in [-0.3, -0.25) is 0 Å². The molecule has 0 saturated carbocycles. The van der Waals surface area contributed by atoms with E-state index in [0.717, 1.165) is 18.7 Å². The van der Waals surface area contributed by atoms with Crippen molar-refractivity contribution in [2.75, 3.05) is 13.1 Å². The normalized spacial score (nSPS) is 14.4. The van der Waals surface area contributed by atoms with Crippen molar-refractivity contribution in [2.24, 2.45) is 16.3 Å². The van der Waals surface area contributed by atoms with Gasteiger partial charge < -0.3 is 16.3 Å². The van der Waals surface area contributed by atoms with E-state index in [2.05, 4.69) is 24.3 Å². The summed E-state index contributed by atoms with van der Waals surface area (Å²) in [6, 6.07) is 0. The largest absolute Gasteiger partial charge is 0.411 e. The highest BCUT2D eigenvalue weighted by atomic mass is 16.4. The molecule has 4 heteroatoms. The molecule has 15 heavy (non-hydrogen) atoms. The van der Waals surface area contributed by atoms with Crippen LogP contribution in [0.15, 0.2) is 5.16 Å². The fourth-order valence-corrected chi connectivity index (χ4v) is 1.27. The van der Waals surface area contributed by atoms with Crippen molar-refractivity contribution < 1.29 is 5.21 Å². The maximum atomic E-state index is 8.87. The van der Waals surface area contributed by atoms with Crippen molar-refractivity contribution in [3.8, 4) is 0 Å². The number of nitrogens with zero attached hydrogens (tertiary/aromatic N) is 1. The SMILES string of the molecule is CCC(=NO)C(C)(C)NCC(C)(C)CN. The Morgan fingerprint density at radius 2 is 1.87 bits per heavy atom. The van der Waals surface area contributed by atoms with Crippen molar-refractivity contribution in [1.82, 2.24) is 5.32 Å². The van der Waals surface area contributed by atoms with Gasteiger partial charge in [0.05, 0.1) is 11.3 Å². The summed E-state index contributed by atoms with van der Waals surface area (Å²) < 4.78 is 0. The quantitative estimate of drug-likeness (QED) is 0.358. The third-order valence-electron chi connectivity index (χ3n) is 2.74. The van der Waals surface area contributed by atoms with E-state index in [9.17, 15) is 0 Å². The van der Waals surface area contributed by atoms with Crippen LogP contribution in [0.5, 0.6) is 0 Å². The summed E-state index contributed by atoms with van der Waals surface area (Å²) in [6.45, 7) is 11.7. The lowest BCUT2D eigenvalue weighted by Crippen LogP contribution is -2.51. The van der Waals surface area contributed by atoms with Crippen LogP contribution in [0, 0.1) is 5.41 Å². The zero-order valence-corrected chi connectivity index (χ0v) is 10.6. The van der Waals surface area contributed by atoms with E-state index < -0.39 is 0 Å². The topological polar surface area (TPSA) is 70.6 Å². The minimum Gasteiger partial charge on any atom is -0.411 e. The van der Waals surface area contributed by atoms with Crippen LogP contribution in [0.25, 0.3) is 0 Å². The Bertz CT molecular complexity index is 222. The molecule has 0 aliphatic carbocycles. The van der Waals surface area contributed by atoms with Crippen LogP contribution in [-0.2, 0) is 0 Å². The Balaban J connectivity index is 4.39. The molecule has 0 spiro atoms. The second kappa shape index (κ2) is 5.47. The number of nitrogens with one attached hydrogen (secondary N) is 1. The molecule has 90 valence electrons. The summed E-state index contributed by atoms with van der Waals surface area (Å²) in [4.78, 5) is 0. The highest BCUT2D eigenvalue weighted by Crippen LogP contribution is 2.15. The lowest BCUT2D eigenvalue weighted by atomic mass is 9.90. The lowest BCUT2D eigenvalue weighted by Gasteiger charge is -2.32. The summed E-state index contributed by atoms with van der Waals surface area (Å²) in [7, 11) is 0. The minimum atomic E-state index is -0.282. The summed E-state index contributed by atoms with van der Waals surface area (Å²) in [5.41, 5.74) is 6.20. The predicted octanol–water partition coefficient (Wildman–Crippen LogP) is 1.58. The average Bonchev–Trinajstić information content (AvgIpc) is 2.17. The second-order valence-corrected chi connectivity index (χ2v) is 5.25. The lowest BCUT2D eigenvalue weighted by molar-refractivity contribution is 0.295. The number of nitrogens with two attached hydrogens (primary N) is 1. The zero-order chi connectivity index (χ0) is 12.1. The molecule has 0 radical (unpaired) electrons. The van der Waals surface area contributed by atoms with Crippen LogP contribution >= 0.6 is 0 Å². The van der Waals surface area contributed by atoms with Gasteiger partial charge in [-0.25, -0.2) is 0 Å². The van der Waals surface area contributed by atoms with Crippen molar-refractivity contribution in [3.05, 3.63) is 0 Å². The monoisotopic (exact) mass is 215 g/mol. The van der Waals surface area contributed by atoms with Crippen LogP contribution in [0.4, 0.5) is 0 Å². The summed E-state index contributed by atoms with van der Waals surface area (Å²) in [5.74, 6) is 0. The van der Waals surface area contributed by atoms with E-state index >= 15 is 0 Å². The first-order valence-corrected chi connectivity index (χ1v) is 5.45. The first-order valence-electron chi connectivity index (χ1n) is 5.45. The smallest absolute Gasteiger partial charge is 0.0762 e. The highest BCUT2D eigenvalue weighted by molar-refractivity contribution is 5.92. The van der Waals surface area contributed by atoms with Crippen molar-refractivity contribution in [1.29, 1.82) is 0 Å². The maximum Gasteiger partial charge on any atom is 0.0762 e. The second-order valence-electron chi connectivity index (χ2n) is 5.25. The highest BCUT2D eigenvalue weighted by Gasteiger charge is 2.26. The number of rotatable bonds is 6. The van der Waals surface area contributed by atoms with Crippen LogP contribution in [0.2, 0.25) is 0 Å². The Labute approximate surface area is 92.9 Å². The molecule has 0 aromatic rings. The standard InChI is InChI=1S/C11H25N3O/c1-6-9(14-15)11(4,5)13-8-10(2,3)7-12/h13,15H,6-8,12H2,1-5H3. The van der Waals surface area contributed by atoms with Gasteiger partial charge in [0.1, 0.15) is 0 Å². The van der Waals surface area contributed by atoms with Gasteiger partial charge in [0, 0.05) is 6.54 Å². The molecule has 0 aromatic heterocycles. The Morgan fingerprint density at radius 1 is 1.33 bits per heavy atom. The van der Waals surface area contributed by atoms with Crippen molar-refractivity contribution >= 4 is 5.71 Å². The molecule has 0 fully saturated rings. The number of oxime groups is 1. The first kappa shape index (κ1) is 14.4. The zero-order valence-electron chi connectivity index (χ0n) is 10.6. The van der Waals surface area contributed by atoms with Crippen molar-refractivity contribution in [2.45, 2.75) is 46.6 Å². The predicted molar refractivity (Wildman–Crippen MR) is 64.4 cm³/mol. The third-order valence-corrected chi connectivity index (χ3v) is 2.74. The Morgan fingerprint density at radius 3 is 2.20 bits per heavy atom. The summed E-state index contributed by atoms with van der Waals surface area (Å²) in [6.07, 6.45) is 0.736. The van der Waals surface area contributed by atoms with Gasteiger partial charge >= 0.3 is 0 Å². The molecule has 0 amide bonds. The van der Waals surface area contributed by atoms with E-state index in [-0.39, 0.29) is 11.0 Å². The van der Waals surface area contributed by atoms with Gasteiger partial charge in [-0.15, -0.1) is 0 Å². The van der Waals surface area contributed by atoms with Gasteiger partial charge in [0.25, 0.3) is 0 Å². The molecule has 0 aromatic carbocycles. The third kappa shape index (κ3) is 4.62. The molecule has 0 aliphatic heterocycles. The van der Waals surface area contributed by atoms with E-state index in [1.54, 1.807) is 0 Å². The van der Waals surface area contributed by atoms with E-state index in [4.69, 9.17) is 10.9 Å². The first-order chi connectivity index (χ1) is 6.79. The van der Waals surface area contributed by atoms with Gasteiger partial charge in [-0.1, -0.05) is 25.9 Å². The van der Waals surface area contributed by atoms with Crippen LogP contribution in [0.3, 0.4) is 0 Å². The molecular weight excluding hydrogens is 190 g/mol. The summed E-state index contributed by atoms with van der Waals surface area (Å²) in [5, 5.41) is 15.6. The van der Waals surface area contributed by atoms with E-state index in [1.807, 2.05) is 20.8 Å². The molecule has 0 heterocycles. The fourth-order valence-electron chi connectivity index (χ4n) is 1.27. The Kier molecular flexibility index (Phi) is 5.24. The molecule has 0 bridgehead atoms. The van der Waals surface area contributed by atoms with Crippen LogP contribution in [0.1, 0.15) is 41.0 Å². The van der Waals surface area contributed by atoms with Crippen LogP contribution < -0.4 is 11.1 Å². The fraction of sp³-hybridized carbons (Fsp3) is 0.909. The van der Waals surface area contributed by atoms with Gasteiger partial charge in [0.2, 0.25) is 0 Å². The van der Waals surface area contributed by atoms with E-state index in [1.165, 1.54) is 0 Å². The number of hydrogen-bond donors (Lipinski definition) is 3. The molecule has 4 nitrogen and oxygen atoms in total. The number of hydrogen-bond acceptors (Lipinski definition) is 4. The van der Waals surface area contributed by atoms with E-state index in [0.29, 0.717) is 6.54 Å². The molecule has 0 unspecified atom stereocenters. The average molecular weight is 215 g/mol. The molecule has 4 N–H and O–H groups in total. The van der Waals surface area contributed by atoms with Crippen molar-refractivity contribution in [3.63, 3.8) is 0 Å². The molecule has 0 aliphatic rings. The Hall–Kier alpha value is -0.610. The van der Waals surface area contributed by atoms with Crippen LogP contribution in [-0.4, -0.2) is 29.5 Å².